The largest absolute Gasteiger partial charge is 0.444 e. The first kappa shape index (κ1) is 21.7. The van der Waals surface area contributed by atoms with Gasteiger partial charge in [-0.1, -0.05) is 28.1 Å². The van der Waals surface area contributed by atoms with Crippen LogP contribution in [0.15, 0.2) is 34.9 Å². The second kappa shape index (κ2) is 8.02. The Hall–Kier alpha value is -2.00. The van der Waals surface area contributed by atoms with Crippen LogP contribution in [0.4, 0.5) is 13.6 Å². The van der Waals surface area contributed by atoms with E-state index in [1.165, 1.54) is 4.90 Å². The van der Waals surface area contributed by atoms with Gasteiger partial charge in [-0.15, -0.1) is 0 Å². The first-order valence-electron chi connectivity index (χ1n) is 9.23. The minimum absolute atomic E-state index is 0.00732. The molecule has 3 rings (SSSR count). The smallest absolute Gasteiger partial charge is 0.410 e. The maximum atomic E-state index is 14.2. The van der Waals surface area contributed by atoms with Gasteiger partial charge < -0.3 is 14.5 Å². The second-order valence-corrected chi connectivity index (χ2v) is 8.95. The van der Waals surface area contributed by atoms with Crippen molar-refractivity contribution in [1.29, 1.82) is 0 Å². The number of aromatic nitrogens is 2. The van der Waals surface area contributed by atoms with Crippen molar-refractivity contribution in [2.75, 3.05) is 13.7 Å². The molecular weight excluding hydrogens is 448 g/mol. The number of rotatable bonds is 4. The van der Waals surface area contributed by atoms with Gasteiger partial charge in [-0.25, -0.2) is 9.78 Å². The third-order valence-corrected chi connectivity index (χ3v) is 5.27. The summed E-state index contributed by atoms with van der Waals surface area (Å²) in [6, 6.07) is 6.94. The Kier molecular flexibility index (Phi) is 6.01. The maximum absolute atomic E-state index is 14.2. The Balaban J connectivity index is 1.89. The molecule has 1 aromatic heterocycles. The molecule has 2 aromatic rings. The van der Waals surface area contributed by atoms with Gasteiger partial charge in [0.1, 0.15) is 11.4 Å². The lowest BCUT2D eigenvalue weighted by Crippen LogP contribution is -2.39. The molecule has 29 heavy (non-hydrogen) atoms. The van der Waals surface area contributed by atoms with Gasteiger partial charge in [0.2, 0.25) is 0 Å². The fourth-order valence-electron chi connectivity index (χ4n) is 3.31. The third-order valence-electron chi connectivity index (χ3n) is 4.74. The minimum atomic E-state index is -3.35. The Morgan fingerprint density at radius 2 is 1.93 bits per heavy atom. The van der Waals surface area contributed by atoms with Crippen molar-refractivity contribution in [3.8, 4) is 11.3 Å². The van der Waals surface area contributed by atoms with Crippen LogP contribution >= 0.6 is 15.9 Å². The first-order chi connectivity index (χ1) is 13.5. The molecule has 1 aliphatic heterocycles. The zero-order valence-electron chi connectivity index (χ0n) is 16.7. The number of H-pyrrole nitrogens is 1. The van der Waals surface area contributed by atoms with E-state index >= 15 is 0 Å². The van der Waals surface area contributed by atoms with Gasteiger partial charge in [0, 0.05) is 18.1 Å². The number of hydrogen-bond donors (Lipinski definition) is 1. The molecule has 6 nitrogen and oxygen atoms in total. The van der Waals surface area contributed by atoms with Gasteiger partial charge in [-0.2, -0.15) is 8.78 Å². The zero-order valence-corrected chi connectivity index (χ0v) is 18.3. The van der Waals surface area contributed by atoms with Gasteiger partial charge in [-0.05, 0) is 44.9 Å². The lowest BCUT2D eigenvalue weighted by Gasteiger charge is -2.28. The van der Waals surface area contributed by atoms with Crippen LogP contribution in [0.5, 0.6) is 0 Å². The molecule has 0 bridgehead atoms. The van der Waals surface area contributed by atoms with E-state index in [0.29, 0.717) is 5.82 Å². The predicted molar refractivity (Wildman–Crippen MR) is 107 cm³/mol. The van der Waals surface area contributed by atoms with Crippen molar-refractivity contribution in [1.82, 2.24) is 14.9 Å². The number of alkyl halides is 2. The number of nitrogens with zero attached hydrogens (tertiary/aromatic N) is 2. The Bertz CT molecular complexity index is 865. The van der Waals surface area contributed by atoms with Crippen molar-refractivity contribution in [3.05, 3.63) is 40.8 Å². The highest BCUT2D eigenvalue weighted by Gasteiger charge is 2.50. The number of carbonyl (C=O) groups is 1. The lowest BCUT2D eigenvalue weighted by atomic mass is 10.0. The SMILES string of the molecule is COC(F)(F)C1CC(c2ncc(-c3ccc(Br)cc3)[nH]2)N(C(=O)OC(C)(C)C)C1. The van der Waals surface area contributed by atoms with E-state index < -0.39 is 29.8 Å². The monoisotopic (exact) mass is 471 g/mol. The van der Waals surface area contributed by atoms with Crippen LogP contribution in [0.1, 0.15) is 39.1 Å². The standard InChI is InChI=1S/C20H24BrF2N3O3/c1-19(2,3)29-18(27)26-11-13(20(22,23)28-4)9-16(26)17-24-10-15(25-17)12-5-7-14(21)8-6-12/h5-8,10,13,16H,9,11H2,1-4H3,(H,24,25). The summed E-state index contributed by atoms with van der Waals surface area (Å²) >= 11 is 3.39. The average Bonchev–Trinajstić information content (AvgIpc) is 3.28. The Morgan fingerprint density at radius 3 is 2.52 bits per heavy atom. The van der Waals surface area contributed by atoms with Crippen molar-refractivity contribution in [2.45, 2.75) is 44.9 Å². The number of methoxy groups -OCH3 is 1. The molecule has 1 fully saturated rings. The van der Waals surface area contributed by atoms with Crippen LogP contribution in [-0.2, 0) is 9.47 Å². The molecule has 1 saturated heterocycles. The molecule has 0 aliphatic carbocycles. The van der Waals surface area contributed by atoms with Gasteiger partial charge in [0.25, 0.3) is 0 Å². The number of benzene rings is 1. The summed E-state index contributed by atoms with van der Waals surface area (Å²) in [5.41, 5.74) is 0.890. The van der Waals surface area contributed by atoms with Crippen molar-refractivity contribution >= 4 is 22.0 Å². The van der Waals surface area contributed by atoms with E-state index in [2.05, 4.69) is 30.6 Å². The zero-order chi connectivity index (χ0) is 21.4. The van der Waals surface area contributed by atoms with Crippen LogP contribution in [0.25, 0.3) is 11.3 Å². The number of carbonyl (C=O) groups excluding carboxylic acids is 1. The third kappa shape index (κ3) is 4.95. The number of hydrogen-bond acceptors (Lipinski definition) is 4. The molecule has 0 spiro atoms. The molecule has 1 aromatic carbocycles. The molecule has 2 heterocycles. The second-order valence-electron chi connectivity index (χ2n) is 8.04. The van der Waals surface area contributed by atoms with Crippen LogP contribution < -0.4 is 0 Å². The summed E-state index contributed by atoms with van der Waals surface area (Å²) in [5, 5.41) is 0. The maximum Gasteiger partial charge on any atom is 0.410 e. The Morgan fingerprint density at radius 1 is 1.28 bits per heavy atom. The van der Waals surface area contributed by atoms with Crippen LogP contribution in [-0.4, -0.2) is 46.3 Å². The molecule has 158 valence electrons. The van der Waals surface area contributed by atoms with Gasteiger partial charge >= 0.3 is 12.2 Å². The summed E-state index contributed by atoms with van der Waals surface area (Å²) in [6.45, 7) is 5.01. The number of halogens is 3. The highest BCUT2D eigenvalue weighted by Crippen LogP contribution is 2.42. The molecule has 2 unspecified atom stereocenters. The molecule has 0 radical (unpaired) electrons. The summed E-state index contributed by atoms with van der Waals surface area (Å²) in [6.07, 6.45) is -2.37. The molecule has 2 atom stereocenters. The lowest BCUT2D eigenvalue weighted by molar-refractivity contribution is -0.253. The van der Waals surface area contributed by atoms with E-state index in [1.807, 2.05) is 24.3 Å². The topological polar surface area (TPSA) is 67.5 Å². The van der Waals surface area contributed by atoms with E-state index in [-0.39, 0.29) is 13.0 Å². The van der Waals surface area contributed by atoms with Crippen LogP contribution in [0, 0.1) is 5.92 Å². The molecular formula is C20H24BrF2N3O3. The van der Waals surface area contributed by atoms with E-state index in [0.717, 1.165) is 22.8 Å². The molecule has 1 amide bonds. The molecule has 1 N–H and O–H groups in total. The fourth-order valence-corrected chi connectivity index (χ4v) is 3.57. The van der Waals surface area contributed by atoms with Gasteiger partial charge in [0.15, 0.2) is 0 Å². The number of nitrogens with one attached hydrogen (secondary N) is 1. The van der Waals surface area contributed by atoms with Crippen LogP contribution in [0.3, 0.4) is 0 Å². The molecule has 9 heteroatoms. The van der Waals surface area contributed by atoms with Crippen molar-refractivity contribution in [3.63, 3.8) is 0 Å². The summed E-state index contributed by atoms with van der Waals surface area (Å²) in [7, 11) is 0.962. The minimum Gasteiger partial charge on any atom is -0.444 e. The Labute approximate surface area is 176 Å². The molecule has 1 aliphatic rings. The van der Waals surface area contributed by atoms with Crippen LogP contribution in [0.2, 0.25) is 0 Å². The van der Waals surface area contributed by atoms with Gasteiger partial charge in [0.05, 0.1) is 23.9 Å². The van der Waals surface area contributed by atoms with Crippen molar-refractivity contribution in [2.24, 2.45) is 5.92 Å². The number of ether oxygens (including phenoxy) is 2. The highest BCUT2D eigenvalue weighted by atomic mass is 79.9. The average molecular weight is 472 g/mol. The summed E-state index contributed by atoms with van der Waals surface area (Å²) in [4.78, 5) is 21.5. The first-order valence-corrected chi connectivity index (χ1v) is 10.0. The van der Waals surface area contributed by atoms with E-state index in [4.69, 9.17) is 4.74 Å². The quantitative estimate of drug-likeness (QED) is 0.649. The molecule has 0 saturated carbocycles. The van der Waals surface area contributed by atoms with Gasteiger partial charge in [-0.3, -0.25) is 4.90 Å². The van der Waals surface area contributed by atoms with E-state index in [1.54, 1.807) is 27.0 Å². The number of amides is 1. The van der Waals surface area contributed by atoms with Crippen molar-refractivity contribution < 1.29 is 23.0 Å². The number of likely N-dealkylation sites (tertiary alicyclic amines) is 1. The summed E-state index contributed by atoms with van der Waals surface area (Å²) < 4.78 is 39.1. The summed E-state index contributed by atoms with van der Waals surface area (Å²) in [5.74, 6) is -0.727. The number of imidazole rings is 1. The number of aromatic amines is 1. The highest BCUT2D eigenvalue weighted by molar-refractivity contribution is 9.10. The predicted octanol–water partition coefficient (Wildman–Crippen LogP) is 5.38. The fraction of sp³-hybridized carbons (Fsp3) is 0.500. The van der Waals surface area contributed by atoms with E-state index in [9.17, 15) is 13.6 Å². The normalized spacial score (nSPS) is 20.2.